The van der Waals surface area contributed by atoms with Crippen LogP contribution >= 0.6 is 0 Å². The van der Waals surface area contributed by atoms with E-state index in [1.807, 2.05) is 54.6 Å². The minimum atomic E-state index is -0.690. The maximum absolute atomic E-state index is 13.0. The van der Waals surface area contributed by atoms with Crippen molar-refractivity contribution in [1.29, 1.82) is 0 Å². The van der Waals surface area contributed by atoms with Gasteiger partial charge in [0.2, 0.25) is 0 Å². The zero-order chi connectivity index (χ0) is 28.2. The van der Waals surface area contributed by atoms with E-state index in [1.165, 1.54) is 18.9 Å². The molecular formula is C33H29N3O4. The molecule has 4 aromatic carbocycles. The van der Waals surface area contributed by atoms with Crippen molar-refractivity contribution in [2.24, 2.45) is 0 Å². The minimum absolute atomic E-state index is 0.000717. The van der Waals surface area contributed by atoms with Gasteiger partial charge < -0.3 is 14.4 Å². The van der Waals surface area contributed by atoms with Gasteiger partial charge in [0, 0.05) is 22.6 Å². The van der Waals surface area contributed by atoms with Crippen LogP contribution in [-0.4, -0.2) is 35.9 Å². The number of aromatic nitrogens is 2. The molecular weight excluding hydrogens is 502 g/mol. The van der Waals surface area contributed by atoms with Crippen LogP contribution in [0, 0.1) is 13.8 Å². The monoisotopic (exact) mass is 531 g/mol. The van der Waals surface area contributed by atoms with E-state index >= 15 is 0 Å². The molecule has 0 saturated heterocycles. The molecule has 0 saturated carbocycles. The topological polar surface area (TPSA) is 73.7 Å². The van der Waals surface area contributed by atoms with Gasteiger partial charge >= 0.3 is 11.9 Å². The number of methoxy groups -OCH3 is 2. The maximum atomic E-state index is 13.0. The second-order valence-corrected chi connectivity index (χ2v) is 9.36. The Morgan fingerprint density at radius 1 is 0.675 bits per heavy atom. The van der Waals surface area contributed by atoms with Crippen molar-refractivity contribution in [2.45, 2.75) is 13.8 Å². The van der Waals surface area contributed by atoms with Gasteiger partial charge in [-0.3, -0.25) is 0 Å². The summed E-state index contributed by atoms with van der Waals surface area (Å²) in [5.74, 6) is -1.37. The molecule has 0 aliphatic carbocycles. The molecule has 0 atom stereocenters. The number of nitrogens with zero attached hydrogens (tertiary/aromatic N) is 3. The third kappa shape index (κ3) is 5.09. The van der Waals surface area contributed by atoms with E-state index < -0.39 is 11.9 Å². The van der Waals surface area contributed by atoms with Gasteiger partial charge in [-0.05, 0) is 73.5 Å². The molecule has 0 amide bonds. The molecule has 0 fully saturated rings. The first-order valence-electron chi connectivity index (χ1n) is 12.8. The van der Waals surface area contributed by atoms with Crippen molar-refractivity contribution >= 4 is 29.0 Å². The normalized spacial score (nSPS) is 10.7. The van der Waals surface area contributed by atoms with E-state index in [2.05, 4.69) is 55.1 Å². The molecule has 1 aromatic heterocycles. The first-order chi connectivity index (χ1) is 19.4. The SMILES string of the molecule is COC(=O)c1c(-c2ccc(N(c3cccc(C)c3)c3cccc(C)c3)cc2)nn(-c2ccccc2)c1C(=O)OC. The number of carbonyl (C=O) groups excluding carboxylic acids is 2. The summed E-state index contributed by atoms with van der Waals surface area (Å²) < 4.78 is 11.5. The Hall–Kier alpha value is -5.17. The molecule has 0 aliphatic heterocycles. The van der Waals surface area contributed by atoms with Gasteiger partial charge in [0.05, 0.1) is 19.9 Å². The summed E-state index contributed by atoms with van der Waals surface area (Å²) in [7, 11) is 2.54. The summed E-state index contributed by atoms with van der Waals surface area (Å²) in [6.07, 6.45) is 0. The summed E-state index contributed by atoms with van der Waals surface area (Å²) in [6, 6.07) is 33.5. The second kappa shape index (κ2) is 11.3. The van der Waals surface area contributed by atoms with Crippen LogP contribution in [0.4, 0.5) is 17.1 Å². The lowest BCUT2D eigenvalue weighted by Crippen LogP contribution is -2.15. The molecule has 200 valence electrons. The Labute approximate surface area is 233 Å². The van der Waals surface area contributed by atoms with Gasteiger partial charge in [0.1, 0.15) is 11.3 Å². The molecule has 0 spiro atoms. The molecule has 7 heteroatoms. The summed E-state index contributed by atoms with van der Waals surface area (Å²) in [5.41, 5.74) is 6.90. The molecule has 0 radical (unpaired) electrons. The molecule has 0 aliphatic rings. The average molecular weight is 532 g/mol. The zero-order valence-electron chi connectivity index (χ0n) is 22.8. The quantitative estimate of drug-likeness (QED) is 0.207. The Bertz CT molecular complexity index is 1630. The molecule has 5 rings (SSSR count). The standard InChI is InChI=1S/C33H29N3O4/c1-22-10-8-14-27(20-22)35(28-15-9-11-23(2)21-28)25-18-16-24(17-19-25)30-29(32(37)39-3)31(33(38)40-4)36(34-30)26-12-6-5-7-13-26/h5-21H,1-4H3. The molecule has 7 nitrogen and oxygen atoms in total. The Kier molecular flexibility index (Phi) is 7.46. The van der Waals surface area contributed by atoms with E-state index in [-0.39, 0.29) is 11.3 Å². The van der Waals surface area contributed by atoms with Crippen LogP contribution in [0.3, 0.4) is 0 Å². The smallest absolute Gasteiger partial charge is 0.357 e. The molecule has 5 aromatic rings. The Morgan fingerprint density at radius 2 is 1.25 bits per heavy atom. The van der Waals surface area contributed by atoms with E-state index in [0.29, 0.717) is 16.9 Å². The third-order valence-corrected chi connectivity index (χ3v) is 6.57. The van der Waals surface area contributed by atoms with Crippen molar-refractivity contribution < 1.29 is 19.1 Å². The number of carbonyl (C=O) groups is 2. The summed E-state index contributed by atoms with van der Waals surface area (Å²) >= 11 is 0. The van der Waals surface area contributed by atoms with Gasteiger partial charge in [-0.25, -0.2) is 14.3 Å². The highest BCUT2D eigenvalue weighted by Crippen LogP contribution is 2.37. The van der Waals surface area contributed by atoms with Gasteiger partial charge in [-0.1, -0.05) is 54.6 Å². The van der Waals surface area contributed by atoms with Crippen molar-refractivity contribution in [3.8, 4) is 16.9 Å². The Balaban J connectivity index is 1.66. The van der Waals surface area contributed by atoms with E-state index in [0.717, 1.165) is 28.2 Å². The molecule has 1 heterocycles. The second-order valence-electron chi connectivity index (χ2n) is 9.36. The first kappa shape index (κ1) is 26.4. The van der Waals surface area contributed by atoms with Gasteiger partial charge in [0.15, 0.2) is 5.69 Å². The number of ether oxygens (including phenoxy) is 2. The fourth-order valence-electron chi connectivity index (χ4n) is 4.71. The van der Waals surface area contributed by atoms with Crippen LogP contribution in [0.1, 0.15) is 32.0 Å². The van der Waals surface area contributed by atoms with Gasteiger partial charge in [-0.2, -0.15) is 5.10 Å². The summed E-state index contributed by atoms with van der Waals surface area (Å²) in [5, 5.41) is 4.70. The first-order valence-corrected chi connectivity index (χ1v) is 12.8. The van der Waals surface area contributed by atoms with Crippen LogP contribution in [0.5, 0.6) is 0 Å². The number of anilines is 3. The van der Waals surface area contributed by atoms with Gasteiger partial charge in [-0.15, -0.1) is 0 Å². The highest BCUT2D eigenvalue weighted by atomic mass is 16.5. The maximum Gasteiger partial charge on any atom is 0.357 e. The summed E-state index contributed by atoms with van der Waals surface area (Å²) in [6.45, 7) is 4.13. The van der Waals surface area contributed by atoms with Crippen LogP contribution in [-0.2, 0) is 9.47 Å². The lowest BCUT2D eigenvalue weighted by molar-refractivity contribution is 0.0549. The van der Waals surface area contributed by atoms with E-state index in [9.17, 15) is 9.59 Å². The fourth-order valence-corrected chi connectivity index (χ4v) is 4.71. The van der Waals surface area contributed by atoms with Crippen molar-refractivity contribution in [1.82, 2.24) is 9.78 Å². The number of hydrogen-bond acceptors (Lipinski definition) is 6. The predicted octanol–water partition coefficient (Wildman–Crippen LogP) is 7.20. The fraction of sp³-hybridized carbons (Fsp3) is 0.121. The van der Waals surface area contributed by atoms with Crippen molar-refractivity contribution in [3.05, 3.63) is 126 Å². The number of aryl methyl sites for hydroxylation is 2. The zero-order valence-corrected chi connectivity index (χ0v) is 22.8. The molecule has 40 heavy (non-hydrogen) atoms. The van der Waals surface area contributed by atoms with Crippen molar-refractivity contribution in [3.63, 3.8) is 0 Å². The highest BCUT2D eigenvalue weighted by Gasteiger charge is 2.31. The van der Waals surface area contributed by atoms with E-state index in [4.69, 9.17) is 14.6 Å². The van der Waals surface area contributed by atoms with Crippen LogP contribution in [0.15, 0.2) is 103 Å². The number of rotatable bonds is 7. The van der Waals surface area contributed by atoms with E-state index in [1.54, 1.807) is 12.1 Å². The predicted molar refractivity (Wildman–Crippen MR) is 156 cm³/mol. The largest absolute Gasteiger partial charge is 0.465 e. The number of esters is 2. The minimum Gasteiger partial charge on any atom is -0.465 e. The summed E-state index contributed by atoms with van der Waals surface area (Å²) in [4.78, 5) is 28.1. The highest BCUT2D eigenvalue weighted by molar-refractivity contribution is 6.07. The third-order valence-electron chi connectivity index (χ3n) is 6.57. The van der Waals surface area contributed by atoms with Crippen LogP contribution in [0.25, 0.3) is 16.9 Å². The number of benzene rings is 4. The average Bonchev–Trinajstić information content (AvgIpc) is 3.38. The molecule has 0 N–H and O–H groups in total. The molecule has 0 unspecified atom stereocenters. The molecule has 0 bridgehead atoms. The lowest BCUT2D eigenvalue weighted by atomic mass is 10.0. The number of para-hydroxylation sites is 1. The van der Waals surface area contributed by atoms with Crippen LogP contribution in [0.2, 0.25) is 0 Å². The number of hydrogen-bond donors (Lipinski definition) is 0. The lowest BCUT2D eigenvalue weighted by Gasteiger charge is -2.26. The Morgan fingerprint density at radius 3 is 1.77 bits per heavy atom. The van der Waals surface area contributed by atoms with Crippen molar-refractivity contribution in [2.75, 3.05) is 19.1 Å². The van der Waals surface area contributed by atoms with Gasteiger partial charge in [0.25, 0.3) is 0 Å². The van der Waals surface area contributed by atoms with Crippen LogP contribution < -0.4 is 4.90 Å².